The van der Waals surface area contributed by atoms with Crippen molar-refractivity contribution in [1.29, 1.82) is 0 Å². The van der Waals surface area contributed by atoms with E-state index in [1.807, 2.05) is 54.6 Å². The normalized spacial score (nSPS) is 13.4. The number of para-hydroxylation sites is 1. The Bertz CT molecular complexity index is 1060. The highest BCUT2D eigenvalue weighted by molar-refractivity contribution is 6.30. The topological polar surface area (TPSA) is 61.4 Å². The van der Waals surface area contributed by atoms with Crippen LogP contribution < -0.4 is 15.5 Å². The molecule has 6 heteroatoms. The minimum atomic E-state index is -0.697. The quantitative estimate of drug-likeness (QED) is 0.631. The third-order valence-corrected chi connectivity index (χ3v) is 5.36. The molecule has 0 bridgehead atoms. The van der Waals surface area contributed by atoms with Crippen molar-refractivity contribution in [3.63, 3.8) is 0 Å². The van der Waals surface area contributed by atoms with Gasteiger partial charge < -0.3 is 15.5 Å². The molecule has 1 atom stereocenters. The van der Waals surface area contributed by atoms with E-state index in [2.05, 4.69) is 10.6 Å². The van der Waals surface area contributed by atoms with Gasteiger partial charge in [0, 0.05) is 29.4 Å². The third kappa shape index (κ3) is 4.63. The van der Waals surface area contributed by atoms with Crippen molar-refractivity contribution in [2.75, 3.05) is 16.8 Å². The monoisotopic (exact) mass is 419 g/mol. The summed E-state index contributed by atoms with van der Waals surface area (Å²) in [7, 11) is 0. The minimum Gasteiger partial charge on any atom is -0.326 e. The molecule has 5 nitrogen and oxygen atoms in total. The van der Waals surface area contributed by atoms with Crippen molar-refractivity contribution in [2.24, 2.45) is 0 Å². The van der Waals surface area contributed by atoms with Gasteiger partial charge in [-0.1, -0.05) is 66.2 Å². The number of amides is 3. The van der Waals surface area contributed by atoms with Gasteiger partial charge in [-0.15, -0.1) is 0 Å². The van der Waals surface area contributed by atoms with Crippen LogP contribution in [-0.4, -0.2) is 24.5 Å². The van der Waals surface area contributed by atoms with Crippen LogP contribution in [0.5, 0.6) is 0 Å². The molecule has 1 aliphatic heterocycles. The molecular formula is C24H22ClN3O2. The van der Waals surface area contributed by atoms with E-state index in [0.717, 1.165) is 23.2 Å². The average Bonchev–Trinajstić information content (AvgIpc) is 3.18. The second-order valence-corrected chi connectivity index (χ2v) is 7.66. The second-order valence-electron chi connectivity index (χ2n) is 7.22. The van der Waals surface area contributed by atoms with Crippen molar-refractivity contribution in [1.82, 2.24) is 5.32 Å². The maximum Gasteiger partial charge on any atom is 0.319 e. The number of nitrogens with zero attached hydrogens (tertiary/aromatic N) is 1. The van der Waals surface area contributed by atoms with Gasteiger partial charge in [-0.05, 0) is 41.8 Å². The first kappa shape index (κ1) is 20.0. The molecule has 2 N–H and O–H groups in total. The van der Waals surface area contributed by atoms with Crippen LogP contribution in [0, 0.1) is 0 Å². The number of carbonyl (C=O) groups is 2. The van der Waals surface area contributed by atoms with E-state index in [9.17, 15) is 9.59 Å². The SMILES string of the molecule is O=C(Nc1cccc(Cl)c1)N[C@H](Cc1ccccc1)C(=O)N1CCc2ccccc21. The lowest BCUT2D eigenvalue weighted by atomic mass is 10.0. The molecule has 0 saturated heterocycles. The number of halogens is 1. The molecule has 3 aromatic rings. The van der Waals surface area contributed by atoms with Crippen LogP contribution in [0.15, 0.2) is 78.9 Å². The molecule has 0 aliphatic carbocycles. The van der Waals surface area contributed by atoms with E-state index >= 15 is 0 Å². The van der Waals surface area contributed by atoms with Gasteiger partial charge >= 0.3 is 6.03 Å². The fourth-order valence-corrected chi connectivity index (χ4v) is 3.89. The van der Waals surface area contributed by atoms with Crippen LogP contribution in [0.1, 0.15) is 11.1 Å². The van der Waals surface area contributed by atoms with Crippen LogP contribution in [-0.2, 0) is 17.6 Å². The number of nitrogens with one attached hydrogen (secondary N) is 2. The molecule has 152 valence electrons. The number of anilines is 2. The van der Waals surface area contributed by atoms with E-state index in [4.69, 9.17) is 11.6 Å². The number of hydrogen-bond acceptors (Lipinski definition) is 2. The van der Waals surface area contributed by atoms with Crippen LogP contribution in [0.3, 0.4) is 0 Å². The molecule has 0 aromatic heterocycles. The largest absolute Gasteiger partial charge is 0.326 e. The average molecular weight is 420 g/mol. The van der Waals surface area contributed by atoms with Crippen molar-refractivity contribution in [3.05, 3.63) is 95.0 Å². The molecule has 1 aliphatic rings. The number of benzene rings is 3. The Hall–Kier alpha value is -3.31. The molecule has 0 radical (unpaired) electrons. The molecule has 0 unspecified atom stereocenters. The first-order valence-electron chi connectivity index (χ1n) is 9.86. The maximum absolute atomic E-state index is 13.4. The van der Waals surface area contributed by atoms with Crippen LogP contribution in [0.4, 0.5) is 16.2 Å². The number of hydrogen-bond donors (Lipinski definition) is 2. The summed E-state index contributed by atoms with van der Waals surface area (Å²) < 4.78 is 0. The highest BCUT2D eigenvalue weighted by Crippen LogP contribution is 2.28. The van der Waals surface area contributed by atoms with Crippen molar-refractivity contribution >= 4 is 34.9 Å². The fraction of sp³-hybridized carbons (Fsp3) is 0.167. The summed E-state index contributed by atoms with van der Waals surface area (Å²) in [5.41, 5.74) is 3.61. The summed E-state index contributed by atoms with van der Waals surface area (Å²) in [6, 6.07) is 23.3. The zero-order valence-electron chi connectivity index (χ0n) is 16.3. The number of rotatable bonds is 5. The Morgan fingerprint density at radius 3 is 2.53 bits per heavy atom. The maximum atomic E-state index is 13.4. The molecule has 1 heterocycles. The van der Waals surface area contributed by atoms with E-state index in [1.165, 1.54) is 0 Å². The Kier molecular flexibility index (Phi) is 6.00. The molecule has 4 rings (SSSR count). The molecule has 3 aromatic carbocycles. The summed E-state index contributed by atoms with van der Waals surface area (Å²) in [4.78, 5) is 27.8. The van der Waals surface area contributed by atoms with E-state index < -0.39 is 12.1 Å². The Morgan fingerprint density at radius 2 is 1.73 bits per heavy atom. The van der Waals surface area contributed by atoms with Crippen molar-refractivity contribution in [3.8, 4) is 0 Å². The van der Waals surface area contributed by atoms with Gasteiger partial charge in [0.15, 0.2) is 0 Å². The van der Waals surface area contributed by atoms with E-state index in [0.29, 0.717) is 23.7 Å². The summed E-state index contributed by atoms with van der Waals surface area (Å²) in [6.07, 6.45) is 1.22. The highest BCUT2D eigenvalue weighted by Gasteiger charge is 2.31. The zero-order valence-corrected chi connectivity index (χ0v) is 17.1. The van der Waals surface area contributed by atoms with Gasteiger partial charge in [0.2, 0.25) is 5.91 Å². The predicted octanol–water partition coefficient (Wildman–Crippen LogP) is 4.66. The standard InChI is InChI=1S/C24H22ClN3O2/c25-19-10-6-11-20(16-19)26-24(30)27-21(15-17-7-2-1-3-8-17)23(29)28-14-13-18-9-4-5-12-22(18)28/h1-12,16,21H,13-15H2,(H2,26,27,30)/t21-/m1/s1. The lowest BCUT2D eigenvalue weighted by molar-refractivity contribution is -0.120. The Morgan fingerprint density at radius 1 is 0.967 bits per heavy atom. The van der Waals surface area contributed by atoms with Gasteiger partial charge in [0.25, 0.3) is 0 Å². The van der Waals surface area contributed by atoms with Gasteiger partial charge in [0.05, 0.1) is 0 Å². The smallest absolute Gasteiger partial charge is 0.319 e. The van der Waals surface area contributed by atoms with E-state index in [1.54, 1.807) is 29.2 Å². The number of carbonyl (C=O) groups excluding carboxylic acids is 2. The fourth-order valence-electron chi connectivity index (χ4n) is 3.70. The zero-order chi connectivity index (χ0) is 20.9. The predicted molar refractivity (Wildman–Crippen MR) is 120 cm³/mol. The Labute approximate surface area is 180 Å². The van der Waals surface area contributed by atoms with E-state index in [-0.39, 0.29) is 5.91 Å². The van der Waals surface area contributed by atoms with Crippen LogP contribution in [0.2, 0.25) is 5.02 Å². The first-order valence-corrected chi connectivity index (χ1v) is 10.2. The summed E-state index contributed by atoms with van der Waals surface area (Å²) >= 11 is 5.99. The molecule has 0 saturated carbocycles. The number of fused-ring (bicyclic) bond motifs is 1. The molecule has 30 heavy (non-hydrogen) atoms. The van der Waals surface area contributed by atoms with Gasteiger partial charge in [0.1, 0.15) is 6.04 Å². The lowest BCUT2D eigenvalue weighted by Gasteiger charge is -2.25. The molecule has 0 fully saturated rings. The van der Waals surface area contributed by atoms with Crippen molar-refractivity contribution < 1.29 is 9.59 Å². The third-order valence-electron chi connectivity index (χ3n) is 5.12. The van der Waals surface area contributed by atoms with Gasteiger partial charge in [-0.3, -0.25) is 4.79 Å². The second kappa shape index (κ2) is 9.01. The first-order chi connectivity index (χ1) is 14.6. The lowest BCUT2D eigenvalue weighted by Crippen LogP contribution is -2.50. The highest BCUT2D eigenvalue weighted by atomic mass is 35.5. The van der Waals surface area contributed by atoms with Gasteiger partial charge in [-0.25, -0.2) is 4.79 Å². The summed E-state index contributed by atoms with van der Waals surface area (Å²) in [5.74, 6) is -0.120. The minimum absolute atomic E-state index is 0.120. The number of urea groups is 1. The summed E-state index contributed by atoms with van der Waals surface area (Å²) in [5, 5.41) is 6.14. The Balaban J connectivity index is 1.53. The molecular weight excluding hydrogens is 398 g/mol. The summed E-state index contributed by atoms with van der Waals surface area (Å²) in [6.45, 7) is 0.612. The molecule has 3 amide bonds. The van der Waals surface area contributed by atoms with Gasteiger partial charge in [-0.2, -0.15) is 0 Å². The molecule has 0 spiro atoms. The van der Waals surface area contributed by atoms with Crippen LogP contribution in [0.25, 0.3) is 0 Å². The van der Waals surface area contributed by atoms with Crippen LogP contribution >= 0.6 is 11.6 Å². The van der Waals surface area contributed by atoms with Crippen molar-refractivity contribution in [2.45, 2.75) is 18.9 Å².